The topological polar surface area (TPSA) is 139 Å². The molecule has 0 fully saturated rings. The Kier molecular flexibility index (Phi) is 7.05. The molecular weight excluding hydrogens is 520 g/mol. The SMILES string of the molecule is C[C@@H]1Cc2nc(NC(=O)NCc3ccnc(O)c3)sc2[C@H](C)N1c1ncc(-c2cccc(OC(F)F)n2)o1. The molecule has 2 amide bonds. The predicted octanol–water partition coefficient (Wildman–Crippen LogP) is 4.73. The minimum atomic E-state index is -2.98. The number of carbonyl (C=O) groups excluding carboxylic acids is 1. The Balaban J connectivity index is 1.28. The number of anilines is 2. The average Bonchev–Trinajstić information content (AvgIpc) is 3.50. The van der Waals surface area contributed by atoms with Gasteiger partial charge in [-0.1, -0.05) is 17.4 Å². The van der Waals surface area contributed by atoms with Crippen molar-refractivity contribution in [3.63, 3.8) is 0 Å². The molecule has 0 aliphatic carbocycles. The molecule has 38 heavy (non-hydrogen) atoms. The van der Waals surface area contributed by atoms with E-state index in [1.807, 2.05) is 18.7 Å². The van der Waals surface area contributed by atoms with Gasteiger partial charge >= 0.3 is 12.6 Å². The summed E-state index contributed by atoms with van der Waals surface area (Å²) in [4.78, 5) is 32.2. The molecule has 4 aromatic rings. The third-order valence-electron chi connectivity index (χ3n) is 5.87. The quantitative estimate of drug-likeness (QED) is 0.302. The number of pyridine rings is 2. The standard InChI is InChI=1S/C24H23F2N7O4S/c1-12-8-16-20(38-23(31-16)32-22(35)28-10-14-6-7-27-18(34)9-14)13(2)33(12)24-29-11-17(36-24)15-4-3-5-19(30-15)37-21(25)26/h3-7,9,11-13,21H,8,10H2,1-2H3,(H,27,34)(H2,28,31,32,35)/t12-,13+/m1/s1. The summed E-state index contributed by atoms with van der Waals surface area (Å²) >= 11 is 1.36. The largest absolute Gasteiger partial charge is 0.493 e. The van der Waals surface area contributed by atoms with Crippen molar-refractivity contribution in [3.05, 3.63) is 58.9 Å². The summed E-state index contributed by atoms with van der Waals surface area (Å²) in [6, 6.07) is 7.42. The van der Waals surface area contributed by atoms with Gasteiger partial charge in [-0.3, -0.25) is 5.32 Å². The van der Waals surface area contributed by atoms with E-state index in [-0.39, 0.29) is 30.4 Å². The number of alkyl halides is 2. The Morgan fingerprint density at radius 3 is 2.92 bits per heavy atom. The Hall–Kier alpha value is -4.33. The number of amides is 2. The molecular formula is C24H23F2N7O4S. The highest BCUT2D eigenvalue weighted by atomic mass is 32.1. The number of thiazole rings is 1. The van der Waals surface area contributed by atoms with Gasteiger partial charge in [-0.05, 0) is 31.5 Å². The molecule has 0 aromatic carbocycles. The second kappa shape index (κ2) is 10.6. The van der Waals surface area contributed by atoms with Gasteiger partial charge in [-0.25, -0.2) is 24.7 Å². The van der Waals surface area contributed by atoms with Crippen LogP contribution in [0.1, 0.15) is 36.0 Å². The fraction of sp³-hybridized carbons (Fsp3) is 0.292. The van der Waals surface area contributed by atoms with Crippen molar-refractivity contribution in [1.82, 2.24) is 25.3 Å². The number of hydrogen-bond donors (Lipinski definition) is 3. The van der Waals surface area contributed by atoms with E-state index >= 15 is 0 Å². The summed E-state index contributed by atoms with van der Waals surface area (Å²) in [6.07, 6.45) is 3.55. The zero-order valence-electron chi connectivity index (χ0n) is 20.3. The lowest BCUT2D eigenvalue weighted by molar-refractivity contribution is -0.0527. The second-order valence-corrected chi connectivity index (χ2v) is 9.57. The highest BCUT2D eigenvalue weighted by molar-refractivity contribution is 7.16. The summed E-state index contributed by atoms with van der Waals surface area (Å²) < 4.78 is 35.5. The van der Waals surface area contributed by atoms with Crippen LogP contribution >= 0.6 is 11.3 Å². The normalized spacial score (nSPS) is 16.8. The highest BCUT2D eigenvalue weighted by Crippen LogP contribution is 2.41. The van der Waals surface area contributed by atoms with E-state index in [0.29, 0.717) is 34.6 Å². The zero-order chi connectivity index (χ0) is 26.8. The molecule has 4 aromatic heterocycles. The molecule has 1 aliphatic heterocycles. The first-order chi connectivity index (χ1) is 18.3. The number of nitrogens with one attached hydrogen (secondary N) is 2. The van der Waals surface area contributed by atoms with Gasteiger partial charge in [0.25, 0.3) is 6.01 Å². The molecule has 5 heterocycles. The van der Waals surface area contributed by atoms with E-state index in [4.69, 9.17) is 4.42 Å². The summed E-state index contributed by atoms with van der Waals surface area (Å²) in [5.74, 6) is -0.0168. The van der Waals surface area contributed by atoms with Gasteiger partial charge in [0.05, 0.1) is 22.8 Å². The number of ether oxygens (including phenoxy) is 1. The number of hydrogen-bond acceptors (Lipinski definition) is 10. The maximum atomic E-state index is 12.6. The van der Waals surface area contributed by atoms with Crippen LogP contribution in [0.2, 0.25) is 0 Å². The van der Waals surface area contributed by atoms with E-state index in [2.05, 4.69) is 35.3 Å². The lowest BCUT2D eigenvalue weighted by Crippen LogP contribution is -2.40. The molecule has 3 N–H and O–H groups in total. The summed E-state index contributed by atoms with van der Waals surface area (Å²) in [6.45, 7) is 1.24. The van der Waals surface area contributed by atoms with Crippen molar-refractivity contribution in [2.45, 2.75) is 45.5 Å². The van der Waals surface area contributed by atoms with Gasteiger partial charge in [0.1, 0.15) is 5.69 Å². The minimum Gasteiger partial charge on any atom is -0.493 e. The number of fused-ring (bicyclic) bond motifs is 1. The van der Waals surface area contributed by atoms with Crippen LogP contribution in [-0.4, -0.2) is 43.7 Å². The van der Waals surface area contributed by atoms with Crippen LogP contribution in [0.5, 0.6) is 11.8 Å². The number of halogens is 2. The van der Waals surface area contributed by atoms with Crippen molar-refractivity contribution < 1.29 is 27.8 Å². The molecule has 5 rings (SSSR count). The van der Waals surface area contributed by atoms with E-state index in [9.17, 15) is 18.7 Å². The van der Waals surface area contributed by atoms with E-state index < -0.39 is 12.6 Å². The summed E-state index contributed by atoms with van der Waals surface area (Å²) in [5.41, 5.74) is 1.90. The minimum absolute atomic E-state index is 0.0198. The van der Waals surface area contributed by atoms with Crippen molar-refractivity contribution in [3.8, 4) is 23.2 Å². The number of urea groups is 1. The molecule has 2 atom stereocenters. The molecule has 0 radical (unpaired) electrons. The number of oxazole rings is 1. The molecule has 1 aliphatic rings. The first-order valence-corrected chi connectivity index (χ1v) is 12.4. The molecule has 0 saturated heterocycles. The first kappa shape index (κ1) is 25.3. The van der Waals surface area contributed by atoms with Gasteiger partial charge in [-0.2, -0.15) is 8.78 Å². The number of carbonyl (C=O) groups is 1. The van der Waals surface area contributed by atoms with Crippen LogP contribution in [0.15, 0.2) is 47.1 Å². The average molecular weight is 544 g/mol. The third kappa shape index (κ3) is 5.49. The van der Waals surface area contributed by atoms with Gasteiger partial charge in [0, 0.05) is 37.3 Å². The van der Waals surface area contributed by atoms with Crippen molar-refractivity contribution in [2.24, 2.45) is 0 Å². The Morgan fingerprint density at radius 1 is 1.29 bits per heavy atom. The van der Waals surface area contributed by atoms with Crippen molar-refractivity contribution >= 4 is 28.5 Å². The van der Waals surface area contributed by atoms with Crippen LogP contribution < -0.4 is 20.3 Å². The van der Waals surface area contributed by atoms with Crippen LogP contribution in [0.3, 0.4) is 0 Å². The Morgan fingerprint density at radius 2 is 2.13 bits per heavy atom. The lowest BCUT2D eigenvalue weighted by atomic mass is 10.0. The van der Waals surface area contributed by atoms with Crippen molar-refractivity contribution in [2.75, 3.05) is 10.2 Å². The maximum Gasteiger partial charge on any atom is 0.388 e. The second-order valence-electron chi connectivity index (χ2n) is 8.54. The predicted molar refractivity (Wildman–Crippen MR) is 134 cm³/mol. The fourth-order valence-corrected chi connectivity index (χ4v) is 5.27. The molecule has 0 spiro atoms. The van der Waals surface area contributed by atoms with Gasteiger partial charge < -0.3 is 24.5 Å². The van der Waals surface area contributed by atoms with Crippen LogP contribution in [0.25, 0.3) is 11.5 Å². The molecule has 14 heteroatoms. The Labute approximate surface area is 219 Å². The molecule has 0 saturated carbocycles. The van der Waals surface area contributed by atoms with Crippen LogP contribution in [-0.2, 0) is 13.0 Å². The number of aromatic hydroxyl groups is 1. The third-order valence-corrected chi connectivity index (χ3v) is 7.05. The lowest BCUT2D eigenvalue weighted by Gasteiger charge is -2.36. The van der Waals surface area contributed by atoms with Crippen LogP contribution in [0, 0.1) is 0 Å². The summed E-state index contributed by atoms with van der Waals surface area (Å²) in [5, 5.41) is 15.4. The van der Waals surface area contributed by atoms with Gasteiger partial charge in [-0.15, -0.1) is 0 Å². The van der Waals surface area contributed by atoms with Gasteiger partial charge in [0.2, 0.25) is 11.8 Å². The smallest absolute Gasteiger partial charge is 0.388 e. The van der Waals surface area contributed by atoms with Crippen molar-refractivity contribution in [1.29, 1.82) is 0 Å². The fourth-order valence-electron chi connectivity index (χ4n) is 4.24. The summed E-state index contributed by atoms with van der Waals surface area (Å²) in [7, 11) is 0. The molecule has 0 unspecified atom stereocenters. The Bertz CT molecular complexity index is 1450. The van der Waals surface area contributed by atoms with E-state index in [1.165, 1.54) is 35.9 Å². The highest BCUT2D eigenvalue weighted by Gasteiger charge is 2.35. The zero-order valence-corrected chi connectivity index (χ0v) is 21.1. The molecule has 0 bridgehead atoms. The number of rotatable bonds is 7. The molecule has 11 nitrogen and oxygen atoms in total. The van der Waals surface area contributed by atoms with Crippen LogP contribution in [0.4, 0.5) is 24.7 Å². The number of nitrogens with zero attached hydrogens (tertiary/aromatic N) is 5. The first-order valence-electron chi connectivity index (χ1n) is 11.6. The van der Waals surface area contributed by atoms with Gasteiger partial charge in [0.15, 0.2) is 10.9 Å². The number of aromatic nitrogens is 4. The molecule has 198 valence electrons. The maximum absolute atomic E-state index is 12.6. The van der Waals surface area contributed by atoms with E-state index in [1.54, 1.807) is 18.2 Å². The van der Waals surface area contributed by atoms with E-state index in [0.717, 1.165) is 10.6 Å². The monoisotopic (exact) mass is 543 g/mol.